The van der Waals surface area contributed by atoms with Gasteiger partial charge >= 0.3 is 6.03 Å². The Morgan fingerprint density at radius 3 is 1.75 bits per heavy atom. The molecule has 7 heteroatoms. The van der Waals surface area contributed by atoms with E-state index in [1.54, 1.807) is 29.7 Å². The molecule has 6 rings (SSSR count). The standard InChI is InChI=1S/C37H36N2O3S2/c1-38-37(40)39(2)28(25-34(36-20-10-24-44-36)42-32-18-8-14-27-12-4-6-16-30(27)32)21-22-33(35-19-9-23-43-35)41-31-17-7-13-26-11-3-5-15-29(26)31/h3-20,23-24,28,33-34H,21-22,25H2,1-2H3,(H,38,40)/t28?,33-,34+/m1/s1. The van der Waals surface area contributed by atoms with Crippen LogP contribution in [-0.2, 0) is 0 Å². The number of nitrogens with zero attached hydrogens (tertiary/aromatic N) is 1. The summed E-state index contributed by atoms with van der Waals surface area (Å²) in [5, 5.41) is 11.5. The number of thiophene rings is 2. The number of benzene rings is 4. The van der Waals surface area contributed by atoms with Crippen molar-refractivity contribution >= 4 is 50.2 Å². The Labute approximate surface area is 266 Å². The number of nitrogens with one attached hydrogen (secondary N) is 1. The Bertz CT molecular complexity index is 1790. The van der Waals surface area contributed by atoms with Crippen molar-refractivity contribution in [3.8, 4) is 11.5 Å². The lowest BCUT2D eigenvalue weighted by Crippen LogP contribution is -2.43. The largest absolute Gasteiger partial charge is 0.484 e. The molecule has 0 bridgehead atoms. The van der Waals surface area contributed by atoms with Gasteiger partial charge in [-0.3, -0.25) is 0 Å². The third-order valence-corrected chi connectivity index (χ3v) is 10.0. The normalized spacial score (nSPS) is 13.3. The van der Waals surface area contributed by atoms with E-state index in [2.05, 4.69) is 76.7 Å². The van der Waals surface area contributed by atoms with E-state index in [1.165, 1.54) is 4.88 Å². The fourth-order valence-electron chi connectivity index (χ4n) is 5.74. The number of urea groups is 1. The topological polar surface area (TPSA) is 50.8 Å². The molecular weight excluding hydrogens is 585 g/mol. The van der Waals surface area contributed by atoms with Crippen molar-refractivity contribution in [3.63, 3.8) is 0 Å². The molecular formula is C37H36N2O3S2. The average molecular weight is 621 g/mol. The monoisotopic (exact) mass is 620 g/mol. The van der Waals surface area contributed by atoms with Crippen molar-refractivity contribution in [1.29, 1.82) is 0 Å². The van der Waals surface area contributed by atoms with Crippen LogP contribution in [0.1, 0.15) is 41.2 Å². The molecule has 5 nitrogen and oxygen atoms in total. The molecule has 4 aromatic carbocycles. The first-order valence-corrected chi connectivity index (χ1v) is 16.7. The summed E-state index contributed by atoms with van der Waals surface area (Å²) in [5.74, 6) is 1.71. The van der Waals surface area contributed by atoms with Gasteiger partial charge in [-0.15, -0.1) is 22.7 Å². The fraction of sp³-hybridized carbons (Fsp3) is 0.216. The van der Waals surface area contributed by atoms with Crippen LogP contribution in [0.2, 0.25) is 0 Å². The van der Waals surface area contributed by atoms with E-state index >= 15 is 0 Å². The van der Waals surface area contributed by atoms with Crippen molar-refractivity contribution in [1.82, 2.24) is 10.2 Å². The summed E-state index contributed by atoms with van der Waals surface area (Å²) < 4.78 is 13.6. The van der Waals surface area contributed by atoms with Crippen LogP contribution in [0.25, 0.3) is 21.5 Å². The molecule has 0 saturated heterocycles. The van der Waals surface area contributed by atoms with Crippen molar-refractivity contribution in [2.24, 2.45) is 0 Å². The van der Waals surface area contributed by atoms with E-state index in [4.69, 9.17) is 9.47 Å². The van der Waals surface area contributed by atoms with E-state index in [-0.39, 0.29) is 24.3 Å². The first kappa shape index (κ1) is 29.7. The molecule has 1 unspecified atom stereocenters. The first-order chi connectivity index (χ1) is 21.6. The average Bonchev–Trinajstić information content (AvgIpc) is 3.81. The molecule has 0 fully saturated rings. The number of fused-ring (bicyclic) bond motifs is 2. The maximum absolute atomic E-state index is 13.0. The van der Waals surface area contributed by atoms with Crippen LogP contribution >= 0.6 is 22.7 Å². The van der Waals surface area contributed by atoms with Crippen molar-refractivity contribution in [2.75, 3.05) is 14.1 Å². The lowest BCUT2D eigenvalue weighted by molar-refractivity contribution is 0.123. The maximum Gasteiger partial charge on any atom is 0.317 e. The second kappa shape index (κ2) is 14.0. The second-order valence-electron chi connectivity index (χ2n) is 10.8. The minimum atomic E-state index is -0.225. The summed E-state index contributed by atoms with van der Waals surface area (Å²) in [6, 6.07) is 37.1. The summed E-state index contributed by atoms with van der Waals surface area (Å²) in [4.78, 5) is 17.1. The molecule has 0 aliphatic rings. The van der Waals surface area contributed by atoms with E-state index in [9.17, 15) is 4.79 Å². The van der Waals surface area contributed by atoms with Crippen molar-refractivity contribution < 1.29 is 14.3 Å². The van der Waals surface area contributed by atoms with E-state index in [0.717, 1.165) is 50.8 Å². The van der Waals surface area contributed by atoms with Crippen LogP contribution in [0.4, 0.5) is 4.79 Å². The van der Waals surface area contributed by atoms with Crippen LogP contribution < -0.4 is 14.8 Å². The number of ether oxygens (including phenoxy) is 2. The quantitative estimate of drug-likeness (QED) is 0.148. The molecule has 0 aliphatic heterocycles. The Morgan fingerprint density at radius 2 is 1.20 bits per heavy atom. The van der Waals surface area contributed by atoms with Crippen LogP contribution in [0.3, 0.4) is 0 Å². The number of carbonyl (C=O) groups is 1. The number of amides is 2. The van der Waals surface area contributed by atoms with E-state index < -0.39 is 0 Å². The third-order valence-electron chi connectivity index (χ3n) is 8.09. The Morgan fingerprint density at radius 1 is 0.682 bits per heavy atom. The van der Waals surface area contributed by atoms with Crippen LogP contribution in [0.5, 0.6) is 11.5 Å². The van der Waals surface area contributed by atoms with Crippen molar-refractivity contribution in [3.05, 3.63) is 130 Å². The van der Waals surface area contributed by atoms with Gasteiger partial charge in [0, 0.05) is 47.1 Å². The van der Waals surface area contributed by atoms with Gasteiger partial charge in [-0.25, -0.2) is 4.79 Å². The summed E-state index contributed by atoms with van der Waals surface area (Å²) >= 11 is 3.38. The third kappa shape index (κ3) is 6.74. The SMILES string of the molecule is CNC(=O)N(C)C(CC[C@@H](Oc1cccc2ccccc12)c1cccs1)C[C@H](Oc1cccc2ccccc12)c1cccs1. The lowest BCUT2D eigenvalue weighted by Gasteiger charge is -2.32. The molecule has 1 N–H and O–H groups in total. The van der Waals surface area contributed by atoms with Crippen LogP contribution in [0, 0.1) is 0 Å². The predicted molar refractivity (Wildman–Crippen MR) is 183 cm³/mol. The van der Waals surface area contributed by atoms with Gasteiger partial charge in [0.2, 0.25) is 0 Å². The Hall–Kier alpha value is -4.33. The van der Waals surface area contributed by atoms with Gasteiger partial charge < -0.3 is 19.7 Å². The van der Waals surface area contributed by atoms with Gasteiger partial charge in [0.1, 0.15) is 23.7 Å². The van der Waals surface area contributed by atoms with Gasteiger partial charge in [0.05, 0.1) is 0 Å². The molecule has 0 radical (unpaired) electrons. The molecule has 224 valence electrons. The lowest BCUT2D eigenvalue weighted by atomic mass is 9.99. The maximum atomic E-state index is 13.0. The highest BCUT2D eigenvalue weighted by atomic mass is 32.1. The first-order valence-electron chi connectivity index (χ1n) is 14.9. The van der Waals surface area contributed by atoms with Gasteiger partial charge in [-0.1, -0.05) is 84.9 Å². The molecule has 2 amide bonds. The van der Waals surface area contributed by atoms with Gasteiger partial charge in [-0.2, -0.15) is 0 Å². The summed E-state index contributed by atoms with van der Waals surface area (Å²) in [7, 11) is 3.55. The molecule has 44 heavy (non-hydrogen) atoms. The zero-order valence-corrected chi connectivity index (χ0v) is 26.5. The number of hydrogen-bond donors (Lipinski definition) is 1. The highest BCUT2D eigenvalue weighted by molar-refractivity contribution is 7.10. The molecule has 2 aromatic heterocycles. The fourth-order valence-corrected chi connectivity index (χ4v) is 7.29. The summed E-state index contributed by atoms with van der Waals surface area (Å²) in [5.41, 5.74) is 0. The van der Waals surface area contributed by atoms with Gasteiger partial charge in [0.15, 0.2) is 0 Å². The minimum absolute atomic E-state index is 0.101. The second-order valence-corrected chi connectivity index (χ2v) is 12.8. The molecule has 2 heterocycles. The number of hydrogen-bond acceptors (Lipinski definition) is 5. The molecule has 0 aliphatic carbocycles. The molecule has 6 aromatic rings. The van der Waals surface area contributed by atoms with E-state index in [1.807, 2.05) is 60.5 Å². The van der Waals surface area contributed by atoms with Crippen LogP contribution in [-0.4, -0.2) is 31.1 Å². The summed E-state index contributed by atoms with van der Waals surface area (Å²) in [6.07, 6.45) is 1.73. The number of carbonyl (C=O) groups excluding carboxylic acids is 1. The molecule has 3 atom stereocenters. The van der Waals surface area contributed by atoms with E-state index in [0.29, 0.717) is 6.42 Å². The Kier molecular flexibility index (Phi) is 9.44. The highest BCUT2D eigenvalue weighted by Crippen LogP contribution is 2.37. The zero-order chi connectivity index (χ0) is 30.3. The predicted octanol–water partition coefficient (Wildman–Crippen LogP) is 9.87. The number of rotatable bonds is 12. The summed E-state index contributed by atoms with van der Waals surface area (Å²) in [6.45, 7) is 0. The Balaban J connectivity index is 1.28. The highest BCUT2D eigenvalue weighted by Gasteiger charge is 2.28. The zero-order valence-electron chi connectivity index (χ0n) is 24.9. The van der Waals surface area contributed by atoms with Crippen molar-refractivity contribution in [2.45, 2.75) is 37.5 Å². The minimum Gasteiger partial charge on any atom is -0.484 e. The molecule has 0 saturated carbocycles. The molecule has 0 spiro atoms. The smallest absolute Gasteiger partial charge is 0.317 e. The van der Waals surface area contributed by atoms with Crippen LogP contribution in [0.15, 0.2) is 120 Å². The van der Waals surface area contributed by atoms with Gasteiger partial charge in [0.25, 0.3) is 0 Å². The van der Waals surface area contributed by atoms with Gasteiger partial charge in [-0.05, 0) is 58.6 Å².